The lowest BCUT2D eigenvalue weighted by Crippen LogP contribution is -2.26. The molecule has 1 unspecified atom stereocenters. The molecule has 6 heteroatoms. The van der Waals surface area contributed by atoms with E-state index in [9.17, 15) is 14.4 Å². The minimum atomic E-state index is -1.22. The Morgan fingerprint density at radius 1 is 1.12 bits per heavy atom. The lowest BCUT2D eigenvalue weighted by Gasteiger charge is -2.08. The van der Waals surface area contributed by atoms with Crippen LogP contribution in [0, 0.1) is 5.92 Å². The molecular weight excluding hydrogens is 226 g/mol. The number of aromatic carboxylic acids is 1. The molecule has 0 fully saturated rings. The second-order valence-electron chi connectivity index (χ2n) is 3.43. The van der Waals surface area contributed by atoms with E-state index >= 15 is 0 Å². The molecule has 1 rings (SSSR count). The van der Waals surface area contributed by atoms with Crippen LogP contribution in [-0.2, 0) is 9.59 Å². The average molecular weight is 237 g/mol. The summed E-state index contributed by atoms with van der Waals surface area (Å²) in [5.74, 6) is -4.10. The molecule has 0 aromatic heterocycles. The summed E-state index contributed by atoms with van der Waals surface area (Å²) in [4.78, 5) is 32.5. The van der Waals surface area contributed by atoms with Gasteiger partial charge in [0.25, 0.3) is 0 Å². The number of rotatable bonds is 4. The van der Waals surface area contributed by atoms with E-state index in [0.717, 1.165) is 0 Å². The molecule has 0 aliphatic rings. The van der Waals surface area contributed by atoms with Crippen LogP contribution in [0.1, 0.15) is 17.3 Å². The number of hydrogen-bond acceptors (Lipinski definition) is 3. The van der Waals surface area contributed by atoms with Gasteiger partial charge in [-0.3, -0.25) is 9.59 Å². The van der Waals surface area contributed by atoms with Crippen molar-refractivity contribution in [2.45, 2.75) is 6.92 Å². The number of carbonyl (C=O) groups is 3. The second-order valence-corrected chi connectivity index (χ2v) is 3.43. The summed E-state index contributed by atoms with van der Waals surface area (Å²) < 4.78 is 0. The maximum atomic E-state index is 11.4. The lowest BCUT2D eigenvalue weighted by atomic mass is 10.1. The van der Waals surface area contributed by atoms with Crippen molar-refractivity contribution in [1.82, 2.24) is 0 Å². The fourth-order valence-corrected chi connectivity index (χ4v) is 1.06. The zero-order valence-corrected chi connectivity index (χ0v) is 9.01. The van der Waals surface area contributed by atoms with Crippen molar-refractivity contribution in [1.29, 1.82) is 0 Å². The molecule has 6 nitrogen and oxygen atoms in total. The molecule has 90 valence electrons. The summed E-state index contributed by atoms with van der Waals surface area (Å²) in [6, 6.07) is 5.44. The number of anilines is 1. The van der Waals surface area contributed by atoms with Crippen LogP contribution in [0.5, 0.6) is 0 Å². The van der Waals surface area contributed by atoms with E-state index in [2.05, 4.69) is 5.32 Å². The van der Waals surface area contributed by atoms with Crippen LogP contribution >= 0.6 is 0 Å². The first-order chi connectivity index (χ1) is 7.91. The van der Waals surface area contributed by atoms with Crippen molar-refractivity contribution in [2.24, 2.45) is 5.92 Å². The third-order valence-electron chi connectivity index (χ3n) is 2.16. The van der Waals surface area contributed by atoms with Gasteiger partial charge < -0.3 is 15.5 Å². The molecule has 1 amide bonds. The zero-order valence-electron chi connectivity index (χ0n) is 9.01. The number of carboxylic acid groups (broad SMARTS) is 2. The number of carbonyl (C=O) groups excluding carboxylic acids is 1. The van der Waals surface area contributed by atoms with Gasteiger partial charge in [-0.25, -0.2) is 4.79 Å². The van der Waals surface area contributed by atoms with Crippen molar-refractivity contribution in [3.8, 4) is 0 Å². The van der Waals surface area contributed by atoms with Crippen molar-refractivity contribution >= 4 is 23.5 Å². The Hall–Kier alpha value is -2.37. The molecular formula is C11H11NO5. The van der Waals surface area contributed by atoms with E-state index in [1.54, 1.807) is 0 Å². The Morgan fingerprint density at radius 2 is 1.65 bits per heavy atom. The smallest absolute Gasteiger partial charge is 0.335 e. The topological polar surface area (TPSA) is 104 Å². The normalized spacial score (nSPS) is 11.6. The molecule has 17 heavy (non-hydrogen) atoms. The van der Waals surface area contributed by atoms with Gasteiger partial charge in [0.1, 0.15) is 5.92 Å². The maximum absolute atomic E-state index is 11.4. The van der Waals surface area contributed by atoms with Gasteiger partial charge in [0.2, 0.25) is 5.91 Å². The molecule has 0 saturated carbocycles. The Morgan fingerprint density at radius 3 is 2.06 bits per heavy atom. The largest absolute Gasteiger partial charge is 0.481 e. The Bertz CT molecular complexity index is 451. The monoisotopic (exact) mass is 237 g/mol. The predicted molar refractivity (Wildman–Crippen MR) is 58.8 cm³/mol. The minimum Gasteiger partial charge on any atom is -0.481 e. The van der Waals surface area contributed by atoms with Gasteiger partial charge in [0, 0.05) is 5.69 Å². The molecule has 0 aliphatic heterocycles. The molecule has 3 N–H and O–H groups in total. The number of hydrogen-bond donors (Lipinski definition) is 3. The fraction of sp³-hybridized carbons (Fsp3) is 0.182. The van der Waals surface area contributed by atoms with Gasteiger partial charge in [0.05, 0.1) is 5.56 Å². The quantitative estimate of drug-likeness (QED) is 0.679. The molecule has 1 atom stereocenters. The van der Waals surface area contributed by atoms with Crippen molar-refractivity contribution < 1.29 is 24.6 Å². The Labute approximate surface area is 96.9 Å². The molecule has 1 aromatic carbocycles. The zero-order chi connectivity index (χ0) is 13.0. The van der Waals surface area contributed by atoms with Crippen molar-refractivity contribution in [3.63, 3.8) is 0 Å². The van der Waals surface area contributed by atoms with Gasteiger partial charge >= 0.3 is 11.9 Å². The van der Waals surface area contributed by atoms with Crippen LogP contribution in [0.2, 0.25) is 0 Å². The first kappa shape index (κ1) is 12.7. The third kappa shape index (κ3) is 3.30. The predicted octanol–water partition coefficient (Wildman–Crippen LogP) is 1.04. The van der Waals surface area contributed by atoms with Crippen molar-refractivity contribution in [3.05, 3.63) is 29.8 Å². The van der Waals surface area contributed by atoms with Gasteiger partial charge in [0.15, 0.2) is 0 Å². The molecule has 0 radical (unpaired) electrons. The summed E-state index contributed by atoms with van der Waals surface area (Å²) in [5, 5.41) is 19.6. The van der Waals surface area contributed by atoms with Crippen molar-refractivity contribution in [2.75, 3.05) is 5.32 Å². The van der Waals surface area contributed by atoms with E-state index in [0.29, 0.717) is 5.69 Å². The van der Waals surface area contributed by atoms with Gasteiger partial charge in [-0.15, -0.1) is 0 Å². The third-order valence-corrected chi connectivity index (χ3v) is 2.16. The van der Waals surface area contributed by atoms with Crippen LogP contribution in [-0.4, -0.2) is 28.1 Å². The molecule has 0 saturated heterocycles. The average Bonchev–Trinajstić information content (AvgIpc) is 2.28. The Balaban J connectivity index is 2.73. The standard InChI is InChI=1S/C11H11NO5/c1-6(10(14)15)9(13)12-8-4-2-7(3-5-8)11(16)17/h2-6H,1H3,(H,12,13)(H,14,15)(H,16,17). The van der Waals surface area contributed by atoms with Gasteiger partial charge in [-0.05, 0) is 31.2 Å². The maximum Gasteiger partial charge on any atom is 0.335 e. The second kappa shape index (κ2) is 5.11. The number of nitrogens with one attached hydrogen (secondary N) is 1. The summed E-state index contributed by atoms with van der Waals surface area (Å²) in [6.07, 6.45) is 0. The summed E-state index contributed by atoms with van der Waals surface area (Å²) >= 11 is 0. The SMILES string of the molecule is CC(C(=O)O)C(=O)Nc1ccc(C(=O)O)cc1. The van der Waals surface area contributed by atoms with Crippen LogP contribution in [0.15, 0.2) is 24.3 Å². The van der Waals surface area contributed by atoms with Gasteiger partial charge in [-0.1, -0.05) is 0 Å². The number of carboxylic acids is 2. The first-order valence-electron chi connectivity index (χ1n) is 4.79. The molecule has 0 heterocycles. The molecule has 0 spiro atoms. The van der Waals surface area contributed by atoms with E-state index in [1.807, 2.05) is 0 Å². The Kier molecular flexibility index (Phi) is 3.82. The highest BCUT2D eigenvalue weighted by Crippen LogP contribution is 2.11. The van der Waals surface area contributed by atoms with E-state index in [1.165, 1.54) is 31.2 Å². The highest BCUT2D eigenvalue weighted by molar-refractivity contribution is 6.04. The van der Waals surface area contributed by atoms with Crippen LogP contribution in [0.25, 0.3) is 0 Å². The van der Waals surface area contributed by atoms with E-state index in [-0.39, 0.29) is 5.56 Å². The number of aliphatic carboxylic acids is 1. The van der Waals surface area contributed by atoms with E-state index in [4.69, 9.17) is 10.2 Å². The highest BCUT2D eigenvalue weighted by atomic mass is 16.4. The number of benzene rings is 1. The summed E-state index contributed by atoms with van der Waals surface area (Å²) in [6.45, 7) is 1.27. The van der Waals surface area contributed by atoms with E-state index < -0.39 is 23.8 Å². The summed E-state index contributed by atoms with van der Waals surface area (Å²) in [5.41, 5.74) is 0.447. The lowest BCUT2D eigenvalue weighted by molar-refractivity contribution is -0.144. The van der Waals surface area contributed by atoms with Gasteiger partial charge in [-0.2, -0.15) is 0 Å². The van der Waals surface area contributed by atoms with Crippen LogP contribution in [0.4, 0.5) is 5.69 Å². The van der Waals surface area contributed by atoms with Crippen LogP contribution < -0.4 is 5.32 Å². The number of amides is 1. The molecule has 1 aromatic rings. The molecule has 0 bridgehead atoms. The first-order valence-corrected chi connectivity index (χ1v) is 4.79. The van der Waals surface area contributed by atoms with Crippen LogP contribution in [0.3, 0.4) is 0 Å². The summed E-state index contributed by atoms with van der Waals surface area (Å²) in [7, 11) is 0. The minimum absolute atomic E-state index is 0.0919. The highest BCUT2D eigenvalue weighted by Gasteiger charge is 2.20. The fourth-order valence-electron chi connectivity index (χ4n) is 1.06. The molecule has 0 aliphatic carbocycles.